The molecule has 0 bridgehead atoms. The standard InChI is InChI=1S/C14H25N5O2/c1-5-11-15-12(17-16-11)10-18-6-8-19(9-7-18)13(20)21-14(2,3)4/h5-10H2,1-4H3,(H,15,16,17). The van der Waals surface area contributed by atoms with E-state index in [2.05, 4.69) is 20.1 Å². The van der Waals surface area contributed by atoms with Gasteiger partial charge in [-0.3, -0.25) is 10.00 Å². The molecule has 0 saturated carbocycles. The number of hydrogen-bond acceptors (Lipinski definition) is 5. The molecule has 0 atom stereocenters. The molecular weight excluding hydrogens is 270 g/mol. The number of rotatable bonds is 3. The average Bonchev–Trinajstić information content (AvgIpc) is 2.85. The molecular formula is C14H25N5O2. The van der Waals surface area contributed by atoms with Gasteiger partial charge in [-0.05, 0) is 20.8 Å². The number of aromatic nitrogens is 3. The molecule has 0 aliphatic carbocycles. The van der Waals surface area contributed by atoms with Crippen molar-refractivity contribution in [3.05, 3.63) is 11.6 Å². The van der Waals surface area contributed by atoms with E-state index in [1.54, 1.807) is 4.90 Å². The van der Waals surface area contributed by atoms with Gasteiger partial charge in [-0.25, -0.2) is 9.78 Å². The van der Waals surface area contributed by atoms with Crippen molar-refractivity contribution in [3.63, 3.8) is 0 Å². The zero-order valence-electron chi connectivity index (χ0n) is 13.3. The molecule has 118 valence electrons. The van der Waals surface area contributed by atoms with Gasteiger partial charge in [0.25, 0.3) is 0 Å². The quantitative estimate of drug-likeness (QED) is 0.913. The second kappa shape index (κ2) is 6.43. The van der Waals surface area contributed by atoms with E-state index in [4.69, 9.17) is 4.74 Å². The van der Waals surface area contributed by atoms with E-state index < -0.39 is 5.60 Å². The maximum atomic E-state index is 12.0. The molecule has 1 saturated heterocycles. The summed E-state index contributed by atoms with van der Waals surface area (Å²) in [4.78, 5) is 20.4. The van der Waals surface area contributed by atoms with Crippen LogP contribution in [0.25, 0.3) is 0 Å². The van der Waals surface area contributed by atoms with Crippen LogP contribution in [0.5, 0.6) is 0 Å². The maximum absolute atomic E-state index is 12.0. The van der Waals surface area contributed by atoms with Crippen molar-refractivity contribution in [1.82, 2.24) is 25.0 Å². The Bertz CT molecular complexity index is 472. The predicted octanol–water partition coefficient (Wildman–Crippen LogP) is 1.42. The van der Waals surface area contributed by atoms with Crippen LogP contribution in [0.2, 0.25) is 0 Å². The topological polar surface area (TPSA) is 74.4 Å². The summed E-state index contributed by atoms with van der Waals surface area (Å²) in [6, 6.07) is 0. The van der Waals surface area contributed by atoms with Gasteiger partial charge in [-0.1, -0.05) is 6.92 Å². The van der Waals surface area contributed by atoms with Crippen molar-refractivity contribution in [2.24, 2.45) is 0 Å². The van der Waals surface area contributed by atoms with Gasteiger partial charge in [-0.15, -0.1) is 0 Å². The number of amides is 1. The summed E-state index contributed by atoms with van der Waals surface area (Å²) < 4.78 is 5.39. The molecule has 0 aromatic carbocycles. The van der Waals surface area contributed by atoms with Crippen molar-refractivity contribution >= 4 is 6.09 Å². The van der Waals surface area contributed by atoms with E-state index in [1.165, 1.54) is 0 Å². The highest BCUT2D eigenvalue weighted by Crippen LogP contribution is 2.12. The van der Waals surface area contributed by atoms with E-state index in [0.717, 1.165) is 37.7 Å². The van der Waals surface area contributed by atoms with Crippen LogP contribution in [0.4, 0.5) is 4.79 Å². The molecule has 21 heavy (non-hydrogen) atoms. The lowest BCUT2D eigenvalue weighted by atomic mass is 10.2. The Morgan fingerprint density at radius 3 is 2.48 bits per heavy atom. The molecule has 1 aromatic heterocycles. The first-order chi connectivity index (χ1) is 9.87. The van der Waals surface area contributed by atoms with Gasteiger partial charge < -0.3 is 9.64 Å². The molecule has 0 spiro atoms. The second-order valence-corrected chi connectivity index (χ2v) is 6.30. The first-order valence-electron chi connectivity index (χ1n) is 7.48. The Hall–Kier alpha value is -1.63. The maximum Gasteiger partial charge on any atom is 0.410 e. The van der Waals surface area contributed by atoms with E-state index in [9.17, 15) is 4.79 Å². The van der Waals surface area contributed by atoms with E-state index in [1.807, 2.05) is 27.7 Å². The number of piperazine rings is 1. The molecule has 7 nitrogen and oxygen atoms in total. The third kappa shape index (κ3) is 4.70. The lowest BCUT2D eigenvalue weighted by molar-refractivity contribution is 0.0137. The number of nitrogens with one attached hydrogen (secondary N) is 1. The van der Waals surface area contributed by atoms with Gasteiger partial charge in [0, 0.05) is 32.6 Å². The van der Waals surface area contributed by atoms with E-state index in [0.29, 0.717) is 13.1 Å². The Morgan fingerprint density at radius 2 is 1.95 bits per heavy atom. The molecule has 1 aliphatic rings. The van der Waals surface area contributed by atoms with Crippen molar-refractivity contribution in [1.29, 1.82) is 0 Å². The van der Waals surface area contributed by atoms with Gasteiger partial charge in [0.05, 0.1) is 6.54 Å². The van der Waals surface area contributed by atoms with E-state index >= 15 is 0 Å². The van der Waals surface area contributed by atoms with Crippen LogP contribution in [-0.2, 0) is 17.7 Å². The molecule has 2 rings (SSSR count). The summed E-state index contributed by atoms with van der Waals surface area (Å²) in [5.41, 5.74) is -0.440. The van der Waals surface area contributed by atoms with Crippen LogP contribution in [0, 0.1) is 0 Å². The Kier molecular flexibility index (Phi) is 4.82. The fourth-order valence-electron chi connectivity index (χ4n) is 2.19. The SMILES string of the molecule is CCc1n[nH]c(CN2CCN(C(=O)OC(C)(C)C)CC2)n1. The van der Waals surface area contributed by atoms with Gasteiger partial charge in [0.15, 0.2) is 0 Å². The fraction of sp³-hybridized carbons (Fsp3) is 0.786. The molecule has 0 radical (unpaired) electrons. The Morgan fingerprint density at radius 1 is 1.29 bits per heavy atom. The van der Waals surface area contributed by atoms with Crippen LogP contribution in [-0.4, -0.2) is 62.9 Å². The van der Waals surface area contributed by atoms with Crippen molar-refractivity contribution in [2.75, 3.05) is 26.2 Å². The summed E-state index contributed by atoms with van der Waals surface area (Å²) >= 11 is 0. The highest BCUT2D eigenvalue weighted by Gasteiger charge is 2.26. The first-order valence-corrected chi connectivity index (χ1v) is 7.48. The average molecular weight is 295 g/mol. The number of carbonyl (C=O) groups is 1. The number of aryl methyl sites for hydroxylation is 1. The Labute approximate surface area is 125 Å². The zero-order chi connectivity index (χ0) is 15.5. The molecule has 1 fully saturated rings. The molecule has 2 heterocycles. The third-order valence-electron chi connectivity index (χ3n) is 3.29. The predicted molar refractivity (Wildman–Crippen MR) is 78.8 cm³/mol. The number of aromatic amines is 1. The highest BCUT2D eigenvalue weighted by atomic mass is 16.6. The monoisotopic (exact) mass is 295 g/mol. The molecule has 0 unspecified atom stereocenters. The van der Waals surface area contributed by atoms with Gasteiger partial charge >= 0.3 is 6.09 Å². The number of nitrogens with zero attached hydrogens (tertiary/aromatic N) is 4. The number of H-pyrrole nitrogens is 1. The highest BCUT2D eigenvalue weighted by molar-refractivity contribution is 5.68. The summed E-state index contributed by atoms with van der Waals surface area (Å²) in [6.07, 6.45) is 0.609. The molecule has 1 N–H and O–H groups in total. The first kappa shape index (κ1) is 15.8. The molecule has 1 amide bonds. The smallest absolute Gasteiger partial charge is 0.410 e. The minimum atomic E-state index is -0.440. The number of carbonyl (C=O) groups excluding carboxylic acids is 1. The summed E-state index contributed by atoms with van der Waals surface area (Å²) in [5.74, 6) is 1.73. The van der Waals surface area contributed by atoms with Gasteiger partial charge in [0.2, 0.25) is 0 Å². The molecule has 1 aromatic rings. The van der Waals surface area contributed by atoms with Gasteiger partial charge in [0.1, 0.15) is 17.2 Å². The van der Waals surface area contributed by atoms with Crippen LogP contribution in [0.1, 0.15) is 39.3 Å². The van der Waals surface area contributed by atoms with E-state index in [-0.39, 0.29) is 6.09 Å². The number of ether oxygens (including phenoxy) is 1. The lowest BCUT2D eigenvalue weighted by Crippen LogP contribution is -2.49. The molecule has 1 aliphatic heterocycles. The van der Waals surface area contributed by atoms with Crippen LogP contribution < -0.4 is 0 Å². The molecule has 7 heteroatoms. The second-order valence-electron chi connectivity index (χ2n) is 6.30. The van der Waals surface area contributed by atoms with Crippen molar-refractivity contribution < 1.29 is 9.53 Å². The van der Waals surface area contributed by atoms with Gasteiger partial charge in [-0.2, -0.15) is 5.10 Å². The van der Waals surface area contributed by atoms with Crippen LogP contribution >= 0.6 is 0 Å². The zero-order valence-corrected chi connectivity index (χ0v) is 13.3. The lowest BCUT2D eigenvalue weighted by Gasteiger charge is -2.35. The van der Waals surface area contributed by atoms with Crippen molar-refractivity contribution in [3.8, 4) is 0 Å². The normalized spacial score (nSPS) is 17.0. The minimum absolute atomic E-state index is 0.227. The Balaban J connectivity index is 1.79. The third-order valence-corrected chi connectivity index (χ3v) is 3.29. The number of hydrogen-bond donors (Lipinski definition) is 1. The summed E-state index contributed by atoms with van der Waals surface area (Å²) in [7, 11) is 0. The fourth-order valence-corrected chi connectivity index (χ4v) is 2.19. The van der Waals surface area contributed by atoms with Crippen LogP contribution in [0.15, 0.2) is 0 Å². The van der Waals surface area contributed by atoms with Crippen molar-refractivity contribution in [2.45, 2.75) is 46.3 Å². The summed E-state index contributed by atoms with van der Waals surface area (Å²) in [5, 5.41) is 7.10. The largest absolute Gasteiger partial charge is 0.444 e. The minimum Gasteiger partial charge on any atom is -0.444 e. The van der Waals surface area contributed by atoms with Crippen LogP contribution in [0.3, 0.4) is 0 Å². The summed E-state index contributed by atoms with van der Waals surface area (Å²) in [6.45, 7) is 11.4.